The third-order valence-electron chi connectivity index (χ3n) is 5.54. The standard InChI is InChI=1S/C27H25F3N4O5.Na.H/c28-27(29,30)39-24-12-7-20(8-13-24)9-14-25-32-21(18-38-25)17-37-23-10-5-19(6-11-23)3-1-2-4-22-15-31-33-34(22)16-26(35)36;;/h5-15,18H,1-4,16-17H2,(H,35,36);;/q;+1;-1/b14-9+;;. The van der Waals surface area contributed by atoms with Crippen LogP contribution in [0.3, 0.4) is 0 Å². The molecule has 0 spiro atoms. The van der Waals surface area contributed by atoms with E-state index in [1.165, 1.54) is 35.2 Å². The molecule has 1 N–H and O–H groups in total. The van der Waals surface area contributed by atoms with E-state index >= 15 is 0 Å². The number of rotatable bonds is 13. The van der Waals surface area contributed by atoms with Crippen LogP contribution in [0.2, 0.25) is 0 Å². The van der Waals surface area contributed by atoms with Gasteiger partial charge in [-0.1, -0.05) is 29.5 Å². The normalized spacial score (nSPS) is 11.4. The molecule has 2 heterocycles. The Kier molecular flexibility index (Phi) is 11.4. The van der Waals surface area contributed by atoms with Crippen molar-refractivity contribution < 1.29 is 67.9 Å². The number of carbonyl (C=O) groups is 1. The molecular formula is C27H26F3N4NaO5. The molecule has 0 unspecified atom stereocenters. The largest absolute Gasteiger partial charge is 1.00 e. The summed E-state index contributed by atoms with van der Waals surface area (Å²) in [5, 5.41) is 16.5. The summed E-state index contributed by atoms with van der Waals surface area (Å²) < 4.78 is 53.2. The minimum absolute atomic E-state index is 0. The molecule has 4 aromatic rings. The Morgan fingerprint density at radius 3 is 2.42 bits per heavy atom. The fourth-order valence-corrected chi connectivity index (χ4v) is 3.69. The molecule has 0 amide bonds. The molecule has 206 valence electrons. The van der Waals surface area contributed by atoms with Gasteiger partial charge in [-0.3, -0.25) is 4.79 Å². The van der Waals surface area contributed by atoms with E-state index in [1.54, 1.807) is 18.3 Å². The van der Waals surface area contributed by atoms with Gasteiger partial charge in [0.2, 0.25) is 5.89 Å². The number of alkyl halides is 3. The monoisotopic (exact) mass is 566 g/mol. The van der Waals surface area contributed by atoms with Gasteiger partial charge in [-0.2, -0.15) is 0 Å². The molecular weight excluding hydrogens is 540 g/mol. The fourth-order valence-electron chi connectivity index (χ4n) is 3.69. The number of carboxylic acids is 1. The van der Waals surface area contributed by atoms with Gasteiger partial charge in [0.05, 0.1) is 11.9 Å². The summed E-state index contributed by atoms with van der Waals surface area (Å²) in [6.07, 6.45) is 5.01. The molecule has 0 aliphatic heterocycles. The Morgan fingerprint density at radius 1 is 1.02 bits per heavy atom. The van der Waals surface area contributed by atoms with Gasteiger partial charge in [-0.15, -0.1) is 18.3 Å². The summed E-state index contributed by atoms with van der Waals surface area (Å²) in [6, 6.07) is 13.2. The Labute approximate surface area is 251 Å². The number of nitrogens with zero attached hydrogens (tertiary/aromatic N) is 4. The van der Waals surface area contributed by atoms with Gasteiger partial charge in [0.25, 0.3) is 0 Å². The van der Waals surface area contributed by atoms with Crippen molar-refractivity contribution >= 4 is 18.1 Å². The zero-order valence-electron chi connectivity index (χ0n) is 22.7. The number of aryl methyl sites for hydroxylation is 2. The van der Waals surface area contributed by atoms with Crippen LogP contribution in [0.1, 0.15) is 42.7 Å². The van der Waals surface area contributed by atoms with Crippen LogP contribution >= 0.6 is 0 Å². The van der Waals surface area contributed by atoms with Crippen molar-refractivity contribution in [3.63, 3.8) is 0 Å². The maximum atomic E-state index is 12.3. The van der Waals surface area contributed by atoms with Crippen LogP contribution in [0.5, 0.6) is 11.5 Å². The summed E-state index contributed by atoms with van der Waals surface area (Å²) >= 11 is 0. The molecule has 0 aliphatic rings. The van der Waals surface area contributed by atoms with Gasteiger partial charge in [-0.05, 0) is 67.2 Å². The summed E-state index contributed by atoms with van der Waals surface area (Å²) in [7, 11) is 0. The first-order chi connectivity index (χ1) is 18.7. The van der Waals surface area contributed by atoms with Crippen LogP contribution in [-0.4, -0.2) is 37.4 Å². The van der Waals surface area contributed by atoms with E-state index in [-0.39, 0.29) is 49.9 Å². The van der Waals surface area contributed by atoms with Crippen molar-refractivity contribution in [2.45, 2.75) is 45.2 Å². The Bertz CT molecular complexity index is 1390. The second kappa shape index (κ2) is 14.7. The molecule has 4 rings (SSSR count). The van der Waals surface area contributed by atoms with Crippen molar-refractivity contribution in [2.24, 2.45) is 0 Å². The molecule has 40 heavy (non-hydrogen) atoms. The molecule has 0 saturated heterocycles. The smallest absolute Gasteiger partial charge is 1.00 e. The van der Waals surface area contributed by atoms with Gasteiger partial charge in [0.15, 0.2) is 0 Å². The predicted octanol–water partition coefficient (Wildman–Crippen LogP) is 2.68. The molecule has 9 nitrogen and oxygen atoms in total. The molecule has 2 aromatic heterocycles. The van der Waals surface area contributed by atoms with Crippen LogP contribution in [0, 0.1) is 0 Å². The number of aromatic nitrogens is 4. The van der Waals surface area contributed by atoms with E-state index in [2.05, 4.69) is 20.0 Å². The third-order valence-corrected chi connectivity index (χ3v) is 5.54. The van der Waals surface area contributed by atoms with Crippen LogP contribution in [0.25, 0.3) is 12.2 Å². The molecule has 0 fully saturated rings. The molecule has 13 heteroatoms. The summed E-state index contributed by atoms with van der Waals surface area (Å²) in [5.74, 6) is -0.222. The number of oxazole rings is 1. The quantitative estimate of drug-likeness (QED) is 0.194. The van der Waals surface area contributed by atoms with Crippen LogP contribution < -0.4 is 39.0 Å². The maximum Gasteiger partial charge on any atom is 1.00 e. The molecule has 0 atom stereocenters. The zero-order valence-corrected chi connectivity index (χ0v) is 23.7. The fraction of sp³-hybridized carbons (Fsp3) is 0.259. The first-order valence-electron chi connectivity index (χ1n) is 12.0. The van der Waals surface area contributed by atoms with Crippen molar-refractivity contribution in [1.82, 2.24) is 20.0 Å². The molecule has 0 bridgehead atoms. The first kappa shape index (κ1) is 30.9. The number of carboxylic acid groups (broad SMARTS) is 1. The number of aliphatic carboxylic acids is 1. The van der Waals surface area contributed by atoms with Crippen LogP contribution in [-0.2, 0) is 30.8 Å². The SMILES string of the molecule is O=C(O)Cn1nncc1CCCCc1ccc(OCc2coc(/C=C/c3ccc(OC(F)(F)F)cc3)n2)cc1.[H-].[Na+]. The Morgan fingerprint density at radius 2 is 1.73 bits per heavy atom. The van der Waals surface area contributed by atoms with Crippen molar-refractivity contribution in [3.8, 4) is 11.5 Å². The number of benzene rings is 2. The van der Waals surface area contributed by atoms with Gasteiger partial charge in [-0.25, -0.2) is 9.67 Å². The number of halogens is 3. The van der Waals surface area contributed by atoms with Gasteiger partial charge in [0, 0.05) is 6.08 Å². The van der Waals surface area contributed by atoms with Crippen molar-refractivity contribution in [3.05, 3.63) is 89.4 Å². The molecule has 0 saturated carbocycles. The summed E-state index contributed by atoms with van der Waals surface area (Å²) in [5.41, 5.74) is 3.21. The molecule has 0 radical (unpaired) electrons. The predicted molar refractivity (Wildman–Crippen MR) is 135 cm³/mol. The van der Waals surface area contributed by atoms with Crippen molar-refractivity contribution in [1.29, 1.82) is 0 Å². The second-order valence-electron chi connectivity index (χ2n) is 8.54. The topological polar surface area (TPSA) is 112 Å². The Hall–Kier alpha value is -3.61. The van der Waals surface area contributed by atoms with E-state index in [1.807, 2.05) is 24.3 Å². The van der Waals surface area contributed by atoms with E-state index in [0.717, 1.165) is 30.5 Å². The maximum absolute atomic E-state index is 12.3. The minimum atomic E-state index is -4.73. The number of unbranched alkanes of at least 4 members (excludes halogenated alkanes) is 1. The van der Waals surface area contributed by atoms with Crippen molar-refractivity contribution in [2.75, 3.05) is 0 Å². The Balaban J connectivity index is 0.00000294. The molecule has 0 aliphatic carbocycles. The van der Waals surface area contributed by atoms with Crippen LogP contribution in [0.15, 0.2) is 65.4 Å². The number of ether oxygens (including phenoxy) is 2. The minimum Gasteiger partial charge on any atom is -1.00 e. The number of hydrogen-bond acceptors (Lipinski definition) is 7. The average molecular weight is 567 g/mol. The van der Waals surface area contributed by atoms with Gasteiger partial charge < -0.3 is 20.4 Å². The van der Waals surface area contributed by atoms with E-state index in [0.29, 0.717) is 29.3 Å². The van der Waals surface area contributed by atoms with E-state index in [9.17, 15) is 18.0 Å². The summed E-state index contributed by atoms with van der Waals surface area (Å²) in [4.78, 5) is 15.2. The summed E-state index contributed by atoms with van der Waals surface area (Å²) in [6.45, 7) is 0.0168. The second-order valence-corrected chi connectivity index (χ2v) is 8.54. The number of hydrogen-bond donors (Lipinski definition) is 1. The zero-order chi connectivity index (χ0) is 27.7. The van der Waals surface area contributed by atoms with Gasteiger partial charge >= 0.3 is 41.9 Å². The van der Waals surface area contributed by atoms with Gasteiger partial charge in [0.1, 0.15) is 36.6 Å². The first-order valence-corrected chi connectivity index (χ1v) is 12.0. The van der Waals surface area contributed by atoms with E-state index < -0.39 is 12.3 Å². The molecule has 2 aromatic carbocycles. The van der Waals surface area contributed by atoms with E-state index in [4.69, 9.17) is 14.3 Å². The van der Waals surface area contributed by atoms with Crippen LogP contribution in [0.4, 0.5) is 13.2 Å². The average Bonchev–Trinajstić information content (AvgIpc) is 3.53. The third kappa shape index (κ3) is 10.2.